The fourth-order valence-electron chi connectivity index (χ4n) is 4.69. The Morgan fingerprint density at radius 3 is 2.02 bits per heavy atom. The Bertz CT molecular complexity index is 1550. The molecular weight excluding hydrogens is 625 g/mol. The Kier molecular flexibility index (Phi) is 12.8. The summed E-state index contributed by atoms with van der Waals surface area (Å²) in [4.78, 5) is 47.2. The number of aryl methyl sites for hydroxylation is 2. The summed E-state index contributed by atoms with van der Waals surface area (Å²) in [6, 6.07) is 24.4. The van der Waals surface area contributed by atoms with Crippen LogP contribution in [0.5, 0.6) is 0 Å². The van der Waals surface area contributed by atoms with E-state index in [1.165, 1.54) is 22.4 Å². The van der Waals surface area contributed by atoms with Gasteiger partial charge in [-0.05, 0) is 60.2 Å². The molecule has 0 saturated carbocycles. The first kappa shape index (κ1) is 35.7. The van der Waals surface area contributed by atoms with E-state index >= 15 is 0 Å². The highest BCUT2D eigenvalue weighted by molar-refractivity contribution is 8.02. The molecule has 0 aromatic heterocycles. The van der Waals surface area contributed by atoms with Gasteiger partial charge in [0.1, 0.15) is 12.4 Å². The highest BCUT2D eigenvalue weighted by atomic mass is 32.2. The zero-order chi connectivity index (χ0) is 33.9. The lowest BCUT2D eigenvalue weighted by Crippen LogP contribution is -2.45. The van der Waals surface area contributed by atoms with Gasteiger partial charge in [0.2, 0.25) is 5.91 Å². The van der Waals surface area contributed by atoms with Crippen molar-refractivity contribution in [1.29, 1.82) is 0 Å². The van der Waals surface area contributed by atoms with Gasteiger partial charge >= 0.3 is 18.1 Å². The van der Waals surface area contributed by atoms with Gasteiger partial charge in [-0.2, -0.15) is 13.2 Å². The number of carboxylic acid groups (broad SMARTS) is 2. The van der Waals surface area contributed by atoms with Gasteiger partial charge in [0.15, 0.2) is 0 Å². The van der Waals surface area contributed by atoms with Gasteiger partial charge in [0.05, 0.1) is 12.0 Å². The lowest BCUT2D eigenvalue weighted by molar-refractivity contribution is -0.192. The molecule has 0 bridgehead atoms. The largest absolute Gasteiger partial charge is 0.490 e. The molecule has 0 radical (unpaired) electrons. The van der Waals surface area contributed by atoms with Crippen LogP contribution in [-0.4, -0.2) is 68.5 Å². The van der Waals surface area contributed by atoms with Crippen molar-refractivity contribution in [2.24, 2.45) is 11.5 Å². The van der Waals surface area contributed by atoms with Crippen molar-refractivity contribution in [3.05, 3.63) is 118 Å². The van der Waals surface area contributed by atoms with Crippen LogP contribution < -0.4 is 11.5 Å². The molecule has 10 nitrogen and oxygen atoms in total. The highest BCUT2D eigenvalue weighted by Gasteiger charge is 2.38. The van der Waals surface area contributed by atoms with E-state index in [0.29, 0.717) is 16.9 Å². The zero-order valence-corrected chi connectivity index (χ0v) is 25.3. The smallest absolute Gasteiger partial charge is 0.480 e. The minimum Gasteiger partial charge on any atom is -0.480 e. The number of nitrogens with zero attached hydrogens (tertiary/aromatic N) is 2. The third kappa shape index (κ3) is 10.1. The summed E-state index contributed by atoms with van der Waals surface area (Å²) in [5, 5.41) is 18.3. The topological polar surface area (TPSA) is 167 Å². The minimum absolute atomic E-state index is 0.00673. The number of aliphatic carboxylic acids is 2. The molecule has 0 spiro atoms. The Morgan fingerprint density at radius 1 is 0.891 bits per heavy atom. The number of hydrogen-bond donors (Lipinski definition) is 4. The van der Waals surface area contributed by atoms with Crippen molar-refractivity contribution >= 4 is 35.5 Å². The molecule has 3 aromatic rings. The molecule has 0 saturated heterocycles. The molecule has 2 amide bonds. The summed E-state index contributed by atoms with van der Waals surface area (Å²) < 4.78 is 31.7. The molecule has 244 valence electrons. The van der Waals surface area contributed by atoms with Gasteiger partial charge in [-0.3, -0.25) is 19.3 Å². The van der Waals surface area contributed by atoms with E-state index in [2.05, 4.69) is 0 Å². The van der Waals surface area contributed by atoms with Crippen LogP contribution in [0.4, 0.5) is 13.2 Å². The number of carbonyl (C=O) groups excluding carboxylic acids is 2. The normalized spacial score (nSPS) is 14.9. The van der Waals surface area contributed by atoms with Gasteiger partial charge in [0.25, 0.3) is 5.91 Å². The summed E-state index contributed by atoms with van der Waals surface area (Å²) in [7, 11) is 0. The predicted octanol–water partition coefficient (Wildman–Crippen LogP) is 4.45. The molecule has 2 aliphatic rings. The maximum Gasteiger partial charge on any atom is 0.490 e. The van der Waals surface area contributed by atoms with Gasteiger partial charge in [-0.1, -0.05) is 54.6 Å². The molecule has 14 heteroatoms. The SMILES string of the molecule is NC(=O)c1ccc2c(c1)CCC2.NCN1C(N(CC(=O)O)C(=O)c2ccccc2)=CSC1Cc1ccccc1.O=C(O)C(F)(F)F. The number of fused-ring (bicyclic) bond motifs is 1. The Labute approximate surface area is 267 Å². The van der Waals surface area contributed by atoms with Crippen LogP contribution in [0.15, 0.2) is 90.1 Å². The first-order chi connectivity index (χ1) is 21.8. The van der Waals surface area contributed by atoms with Gasteiger partial charge in [-0.15, -0.1) is 11.8 Å². The quantitative estimate of drug-likeness (QED) is 0.273. The number of amides is 2. The molecule has 0 fully saturated rings. The molecule has 1 heterocycles. The monoisotopic (exact) mass is 658 g/mol. The molecule has 46 heavy (non-hydrogen) atoms. The number of alkyl halides is 3. The molecule has 6 N–H and O–H groups in total. The third-order valence-corrected chi connectivity index (χ3v) is 7.97. The number of hydrogen-bond acceptors (Lipinski definition) is 7. The van der Waals surface area contributed by atoms with E-state index in [0.717, 1.165) is 24.8 Å². The molecule has 5 rings (SSSR count). The van der Waals surface area contributed by atoms with E-state index in [-0.39, 0.29) is 23.9 Å². The zero-order valence-electron chi connectivity index (χ0n) is 24.5. The second-order valence-corrected chi connectivity index (χ2v) is 11.1. The summed E-state index contributed by atoms with van der Waals surface area (Å²) in [5.74, 6) is -3.99. The number of thioether (sulfide) groups is 1. The summed E-state index contributed by atoms with van der Waals surface area (Å²) in [6.45, 7) is -0.233. The summed E-state index contributed by atoms with van der Waals surface area (Å²) in [5.41, 5.74) is 16.0. The van der Waals surface area contributed by atoms with Crippen molar-refractivity contribution in [2.75, 3.05) is 13.2 Å². The maximum atomic E-state index is 12.9. The Balaban J connectivity index is 0.000000248. The standard InChI is InChI=1S/C20H21N3O3S.C10H11NO.C2HF3O2/c21-14-23-17(13-27-18(23)11-15-7-3-1-4-8-15)22(12-19(24)25)20(26)16-9-5-2-6-10-16;11-10(12)9-5-4-7-2-1-3-8(7)6-9;3-2(4,5)1(6)7/h1-10,13,18H,11-12,14,21H2,(H,24,25);4-6H,1-3H2,(H2,11,12);(H,6,7). The van der Waals surface area contributed by atoms with Gasteiger partial charge < -0.3 is 26.6 Å². The molecular formula is C32H33F3N4O6S. The summed E-state index contributed by atoms with van der Waals surface area (Å²) >= 11 is 1.54. The van der Waals surface area contributed by atoms with Crippen molar-refractivity contribution in [1.82, 2.24) is 9.80 Å². The van der Waals surface area contributed by atoms with E-state index in [4.69, 9.17) is 21.4 Å². The van der Waals surface area contributed by atoms with Crippen LogP contribution in [0.2, 0.25) is 0 Å². The number of carbonyl (C=O) groups is 4. The van der Waals surface area contributed by atoms with Crippen molar-refractivity contribution in [3.63, 3.8) is 0 Å². The first-order valence-electron chi connectivity index (χ1n) is 14.0. The molecule has 1 unspecified atom stereocenters. The summed E-state index contributed by atoms with van der Waals surface area (Å²) in [6.07, 6.45) is -0.897. The van der Waals surface area contributed by atoms with E-state index in [1.54, 1.807) is 36.0 Å². The van der Waals surface area contributed by atoms with Crippen molar-refractivity contribution in [2.45, 2.75) is 37.2 Å². The fraction of sp³-hybridized carbons (Fsp3) is 0.250. The number of nitrogens with two attached hydrogens (primary N) is 2. The van der Waals surface area contributed by atoms with E-state index < -0.39 is 24.7 Å². The number of carboxylic acids is 2. The van der Waals surface area contributed by atoms with Crippen LogP contribution in [0.25, 0.3) is 0 Å². The third-order valence-electron chi connectivity index (χ3n) is 6.88. The number of rotatable bonds is 8. The number of primary amides is 1. The van der Waals surface area contributed by atoms with E-state index in [9.17, 15) is 32.7 Å². The Morgan fingerprint density at radius 2 is 1.48 bits per heavy atom. The molecule has 1 atom stereocenters. The number of benzene rings is 3. The lowest BCUT2D eigenvalue weighted by atomic mass is 10.1. The molecule has 3 aromatic carbocycles. The maximum absolute atomic E-state index is 12.9. The van der Waals surface area contributed by atoms with Crippen LogP contribution in [0, 0.1) is 0 Å². The second-order valence-electron chi connectivity index (χ2n) is 10.1. The Hall–Kier alpha value is -4.82. The van der Waals surface area contributed by atoms with Gasteiger partial charge in [-0.25, -0.2) is 4.79 Å². The van der Waals surface area contributed by atoms with Crippen LogP contribution >= 0.6 is 11.8 Å². The molecule has 1 aliphatic heterocycles. The average Bonchev–Trinajstić information content (AvgIpc) is 3.67. The predicted molar refractivity (Wildman–Crippen MR) is 166 cm³/mol. The van der Waals surface area contributed by atoms with Crippen molar-refractivity contribution in [3.8, 4) is 0 Å². The van der Waals surface area contributed by atoms with Crippen LogP contribution in [-0.2, 0) is 28.9 Å². The fourth-order valence-corrected chi connectivity index (χ4v) is 5.86. The van der Waals surface area contributed by atoms with Gasteiger partial charge in [0, 0.05) is 23.0 Å². The van der Waals surface area contributed by atoms with Crippen LogP contribution in [0.3, 0.4) is 0 Å². The first-order valence-corrected chi connectivity index (χ1v) is 14.9. The minimum atomic E-state index is -5.08. The molecule has 1 aliphatic carbocycles. The highest BCUT2D eigenvalue weighted by Crippen LogP contribution is 2.34. The average molecular weight is 659 g/mol. The van der Waals surface area contributed by atoms with Crippen molar-refractivity contribution < 1.29 is 42.6 Å². The second kappa shape index (κ2) is 16.5. The number of halogens is 3. The lowest BCUT2D eigenvalue weighted by Gasteiger charge is -2.33. The van der Waals surface area contributed by atoms with Crippen LogP contribution in [0.1, 0.15) is 43.8 Å². The van der Waals surface area contributed by atoms with E-state index in [1.807, 2.05) is 64.9 Å².